The molecule has 0 N–H and O–H groups in total. The molecule has 136 valence electrons. The van der Waals surface area contributed by atoms with Gasteiger partial charge < -0.3 is 0 Å². The van der Waals surface area contributed by atoms with Crippen molar-refractivity contribution in [1.82, 2.24) is 9.55 Å². The third kappa shape index (κ3) is 3.99. The first-order valence-electron chi connectivity index (χ1n) is 8.31. The Kier molecular flexibility index (Phi) is 5.48. The highest BCUT2D eigenvalue weighted by molar-refractivity contribution is 8.00. The van der Waals surface area contributed by atoms with Crippen LogP contribution in [0.1, 0.15) is 12.5 Å². The lowest BCUT2D eigenvalue weighted by Crippen LogP contribution is -2.23. The SMILES string of the molecule is CCc1ccccc1-n1c(SCCS(C)(=O)=O)nc2ccccc2c1=O. The van der Waals surface area contributed by atoms with Crippen LogP contribution in [0.15, 0.2) is 58.5 Å². The molecule has 0 radical (unpaired) electrons. The van der Waals surface area contributed by atoms with Gasteiger partial charge in [-0.2, -0.15) is 0 Å². The van der Waals surface area contributed by atoms with Gasteiger partial charge in [0.05, 0.1) is 22.3 Å². The minimum Gasteiger partial charge on any atom is -0.268 e. The van der Waals surface area contributed by atoms with E-state index >= 15 is 0 Å². The lowest BCUT2D eigenvalue weighted by molar-refractivity contribution is 0.603. The smallest absolute Gasteiger partial charge is 0.266 e. The van der Waals surface area contributed by atoms with Crippen molar-refractivity contribution in [3.63, 3.8) is 0 Å². The zero-order valence-corrected chi connectivity index (χ0v) is 16.3. The molecule has 26 heavy (non-hydrogen) atoms. The maximum Gasteiger partial charge on any atom is 0.266 e. The Hall–Kier alpha value is -2.12. The summed E-state index contributed by atoms with van der Waals surface area (Å²) < 4.78 is 24.5. The van der Waals surface area contributed by atoms with Gasteiger partial charge in [0.1, 0.15) is 9.84 Å². The van der Waals surface area contributed by atoms with E-state index in [9.17, 15) is 13.2 Å². The number of aromatic nitrogens is 2. The lowest BCUT2D eigenvalue weighted by atomic mass is 10.1. The van der Waals surface area contributed by atoms with Gasteiger partial charge in [-0.05, 0) is 30.2 Å². The third-order valence-electron chi connectivity index (χ3n) is 4.04. The summed E-state index contributed by atoms with van der Waals surface area (Å²) in [7, 11) is -3.07. The molecule has 0 saturated heterocycles. The molecule has 0 unspecified atom stereocenters. The number of fused-ring (bicyclic) bond motifs is 1. The Balaban J connectivity index is 2.19. The highest BCUT2D eigenvalue weighted by Crippen LogP contribution is 2.23. The third-order valence-corrected chi connectivity index (χ3v) is 6.19. The fourth-order valence-corrected chi connectivity index (χ4v) is 4.93. The fraction of sp³-hybridized carbons (Fsp3) is 0.263. The molecule has 3 aromatic rings. The van der Waals surface area contributed by atoms with E-state index in [0.29, 0.717) is 21.8 Å². The van der Waals surface area contributed by atoms with Crippen LogP contribution in [0, 0.1) is 0 Å². The molecule has 0 aliphatic heterocycles. The quantitative estimate of drug-likeness (QED) is 0.479. The molecule has 5 nitrogen and oxygen atoms in total. The number of nitrogens with zero attached hydrogens (tertiary/aromatic N) is 2. The number of hydrogen-bond donors (Lipinski definition) is 0. The molecule has 0 aliphatic carbocycles. The largest absolute Gasteiger partial charge is 0.268 e. The summed E-state index contributed by atoms with van der Waals surface area (Å²) in [5.74, 6) is 0.383. The molecule has 1 aromatic heterocycles. The van der Waals surface area contributed by atoms with Crippen LogP contribution in [0.25, 0.3) is 16.6 Å². The van der Waals surface area contributed by atoms with E-state index in [0.717, 1.165) is 17.7 Å². The van der Waals surface area contributed by atoms with Gasteiger partial charge in [-0.3, -0.25) is 9.36 Å². The van der Waals surface area contributed by atoms with Crippen LogP contribution >= 0.6 is 11.8 Å². The summed E-state index contributed by atoms with van der Waals surface area (Å²) in [6.45, 7) is 2.04. The molecular weight excluding hydrogens is 368 g/mol. The van der Waals surface area contributed by atoms with Crippen molar-refractivity contribution >= 4 is 32.5 Å². The van der Waals surface area contributed by atoms with Crippen molar-refractivity contribution < 1.29 is 8.42 Å². The predicted octanol–water partition coefficient (Wildman–Crippen LogP) is 3.08. The average molecular weight is 389 g/mol. The second kappa shape index (κ2) is 7.63. The summed E-state index contributed by atoms with van der Waals surface area (Å²) in [6, 6.07) is 14.9. The summed E-state index contributed by atoms with van der Waals surface area (Å²) in [5.41, 5.74) is 2.31. The molecule has 0 atom stereocenters. The molecule has 1 heterocycles. The second-order valence-corrected chi connectivity index (χ2v) is 9.33. The topological polar surface area (TPSA) is 69.0 Å². The van der Waals surface area contributed by atoms with Gasteiger partial charge >= 0.3 is 0 Å². The number of rotatable bonds is 6. The Bertz CT molecular complexity index is 1110. The lowest BCUT2D eigenvalue weighted by Gasteiger charge is -2.15. The van der Waals surface area contributed by atoms with E-state index in [1.54, 1.807) is 16.7 Å². The highest BCUT2D eigenvalue weighted by atomic mass is 32.2. The summed E-state index contributed by atoms with van der Waals surface area (Å²) in [5, 5.41) is 1.06. The van der Waals surface area contributed by atoms with Crippen LogP contribution < -0.4 is 5.56 Å². The molecule has 0 amide bonds. The molecule has 0 bridgehead atoms. The van der Waals surface area contributed by atoms with Crippen LogP contribution in [-0.2, 0) is 16.3 Å². The van der Waals surface area contributed by atoms with Crippen LogP contribution in [0.4, 0.5) is 0 Å². The monoisotopic (exact) mass is 388 g/mol. The number of para-hydroxylation sites is 2. The summed E-state index contributed by atoms with van der Waals surface area (Å²) >= 11 is 1.29. The normalized spacial score (nSPS) is 11.8. The first kappa shape index (κ1) is 18.7. The van der Waals surface area contributed by atoms with Crippen LogP contribution in [-0.4, -0.2) is 35.7 Å². The molecule has 0 saturated carbocycles. The van der Waals surface area contributed by atoms with Gasteiger partial charge in [0.2, 0.25) is 0 Å². The van der Waals surface area contributed by atoms with E-state index in [2.05, 4.69) is 4.98 Å². The minimum absolute atomic E-state index is 0.0375. The number of hydrogen-bond acceptors (Lipinski definition) is 5. The summed E-state index contributed by atoms with van der Waals surface area (Å²) in [4.78, 5) is 17.8. The van der Waals surface area contributed by atoms with Crippen molar-refractivity contribution in [3.8, 4) is 5.69 Å². The van der Waals surface area contributed by atoms with Crippen molar-refractivity contribution in [2.24, 2.45) is 0 Å². The van der Waals surface area contributed by atoms with Gasteiger partial charge in [-0.25, -0.2) is 13.4 Å². The fourth-order valence-electron chi connectivity index (χ4n) is 2.73. The van der Waals surface area contributed by atoms with E-state index in [4.69, 9.17) is 0 Å². The molecular formula is C19H20N2O3S2. The van der Waals surface area contributed by atoms with E-state index < -0.39 is 9.84 Å². The first-order chi connectivity index (χ1) is 12.4. The zero-order chi connectivity index (χ0) is 18.7. The maximum atomic E-state index is 13.2. The first-order valence-corrected chi connectivity index (χ1v) is 11.4. The minimum atomic E-state index is -3.07. The predicted molar refractivity (Wildman–Crippen MR) is 107 cm³/mol. The van der Waals surface area contributed by atoms with Gasteiger partial charge in [0, 0.05) is 12.0 Å². The maximum absolute atomic E-state index is 13.2. The number of sulfone groups is 1. The van der Waals surface area contributed by atoms with Crippen molar-refractivity contribution in [2.75, 3.05) is 17.8 Å². The van der Waals surface area contributed by atoms with Crippen LogP contribution in [0.2, 0.25) is 0 Å². The standard InChI is InChI=1S/C19H20N2O3S2/c1-3-14-8-4-7-11-17(14)21-18(22)15-9-5-6-10-16(15)20-19(21)25-12-13-26(2,23)24/h4-11H,3,12-13H2,1-2H3. The number of aryl methyl sites for hydroxylation is 1. The van der Waals surface area contributed by atoms with E-state index in [-0.39, 0.29) is 11.3 Å². The average Bonchev–Trinajstić information content (AvgIpc) is 2.61. The van der Waals surface area contributed by atoms with E-state index in [1.807, 2.05) is 43.3 Å². The number of thioether (sulfide) groups is 1. The molecule has 7 heteroatoms. The molecule has 2 aromatic carbocycles. The highest BCUT2D eigenvalue weighted by Gasteiger charge is 2.15. The molecule has 3 rings (SSSR count). The summed E-state index contributed by atoms with van der Waals surface area (Å²) in [6.07, 6.45) is 1.99. The van der Waals surface area contributed by atoms with Gasteiger partial charge in [0.25, 0.3) is 5.56 Å². The van der Waals surface area contributed by atoms with Crippen LogP contribution in [0.5, 0.6) is 0 Å². The second-order valence-electron chi connectivity index (χ2n) is 6.01. The van der Waals surface area contributed by atoms with Gasteiger partial charge in [-0.1, -0.05) is 49.0 Å². The van der Waals surface area contributed by atoms with Gasteiger partial charge in [-0.15, -0.1) is 0 Å². The molecule has 0 spiro atoms. The van der Waals surface area contributed by atoms with Crippen molar-refractivity contribution in [3.05, 3.63) is 64.4 Å². The molecule has 0 fully saturated rings. The molecule has 0 aliphatic rings. The van der Waals surface area contributed by atoms with Crippen LogP contribution in [0.3, 0.4) is 0 Å². The Labute approximate surface area is 157 Å². The van der Waals surface area contributed by atoms with E-state index in [1.165, 1.54) is 18.0 Å². The Morgan fingerprint density at radius 3 is 2.50 bits per heavy atom. The van der Waals surface area contributed by atoms with Crippen molar-refractivity contribution in [1.29, 1.82) is 0 Å². The zero-order valence-electron chi connectivity index (χ0n) is 14.7. The Morgan fingerprint density at radius 1 is 1.08 bits per heavy atom. The van der Waals surface area contributed by atoms with Gasteiger partial charge in [0.15, 0.2) is 5.16 Å². The van der Waals surface area contributed by atoms with Crippen molar-refractivity contribution in [2.45, 2.75) is 18.5 Å². The Morgan fingerprint density at radius 2 is 1.77 bits per heavy atom. The number of benzene rings is 2.